The van der Waals surface area contributed by atoms with E-state index in [4.69, 9.17) is 4.74 Å². The van der Waals surface area contributed by atoms with Crippen molar-refractivity contribution in [2.45, 2.75) is 25.4 Å². The molecule has 0 aliphatic heterocycles. The molecule has 0 aliphatic carbocycles. The van der Waals surface area contributed by atoms with Crippen LogP contribution in [0.1, 0.15) is 19.4 Å². The van der Waals surface area contributed by atoms with Crippen molar-refractivity contribution >= 4 is 17.7 Å². The Bertz CT molecular complexity index is 341. The Labute approximate surface area is 106 Å². The van der Waals surface area contributed by atoms with Gasteiger partial charge in [0.05, 0.1) is 17.4 Å². The number of carbonyl (C=O) groups excluding carboxylic acids is 1. The molecule has 0 unspecified atom stereocenters. The van der Waals surface area contributed by atoms with E-state index in [0.717, 1.165) is 23.7 Å². The molecule has 0 aliphatic rings. The van der Waals surface area contributed by atoms with Crippen molar-refractivity contribution in [1.82, 2.24) is 10.3 Å². The van der Waals surface area contributed by atoms with Crippen LogP contribution in [0.5, 0.6) is 0 Å². The molecule has 1 aromatic heterocycles. The minimum absolute atomic E-state index is 0.198. The van der Waals surface area contributed by atoms with Gasteiger partial charge in [-0.15, -0.1) is 0 Å². The normalized spacial score (nSPS) is 10.2. The van der Waals surface area contributed by atoms with Gasteiger partial charge in [0.1, 0.15) is 0 Å². The summed E-state index contributed by atoms with van der Waals surface area (Å²) in [6.07, 6.45) is 1.83. The third-order valence-electron chi connectivity index (χ3n) is 2.02. The maximum Gasteiger partial charge on any atom is 0.316 e. The fourth-order valence-electron chi connectivity index (χ4n) is 1.21. The highest BCUT2D eigenvalue weighted by atomic mass is 32.2. The van der Waals surface area contributed by atoms with Gasteiger partial charge in [-0.3, -0.25) is 4.79 Å². The first kappa shape index (κ1) is 14.0. The zero-order chi connectivity index (χ0) is 12.5. The number of esters is 1. The molecular formula is C12H18N2O2S. The van der Waals surface area contributed by atoms with Crippen LogP contribution >= 0.6 is 11.8 Å². The molecule has 1 N–H and O–H groups in total. The van der Waals surface area contributed by atoms with Crippen molar-refractivity contribution in [3.8, 4) is 0 Å². The van der Waals surface area contributed by atoms with Gasteiger partial charge in [-0.2, -0.15) is 0 Å². The summed E-state index contributed by atoms with van der Waals surface area (Å²) < 4.78 is 4.84. The lowest BCUT2D eigenvalue weighted by Crippen LogP contribution is -2.11. The van der Waals surface area contributed by atoms with Crippen LogP contribution < -0.4 is 5.32 Å². The quantitative estimate of drug-likeness (QED) is 0.594. The average molecular weight is 254 g/mol. The van der Waals surface area contributed by atoms with E-state index >= 15 is 0 Å². The Morgan fingerprint density at radius 2 is 2.29 bits per heavy atom. The number of rotatable bonds is 7. The van der Waals surface area contributed by atoms with E-state index in [9.17, 15) is 4.79 Å². The van der Waals surface area contributed by atoms with Gasteiger partial charge >= 0.3 is 5.97 Å². The maximum absolute atomic E-state index is 11.1. The lowest BCUT2D eigenvalue weighted by molar-refractivity contribution is -0.139. The van der Waals surface area contributed by atoms with E-state index in [0.29, 0.717) is 12.4 Å². The summed E-state index contributed by atoms with van der Waals surface area (Å²) in [6.45, 7) is 6.06. The minimum atomic E-state index is -0.198. The van der Waals surface area contributed by atoms with Crippen molar-refractivity contribution in [1.29, 1.82) is 0 Å². The van der Waals surface area contributed by atoms with Crippen molar-refractivity contribution in [2.24, 2.45) is 0 Å². The van der Waals surface area contributed by atoms with Gasteiger partial charge in [-0.1, -0.05) is 24.8 Å². The topological polar surface area (TPSA) is 51.2 Å². The van der Waals surface area contributed by atoms with Crippen molar-refractivity contribution < 1.29 is 9.53 Å². The first-order valence-corrected chi connectivity index (χ1v) is 6.68. The number of aromatic nitrogens is 1. The van der Waals surface area contributed by atoms with Gasteiger partial charge < -0.3 is 10.1 Å². The average Bonchev–Trinajstić information content (AvgIpc) is 2.35. The Morgan fingerprint density at radius 1 is 1.47 bits per heavy atom. The highest BCUT2D eigenvalue weighted by molar-refractivity contribution is 7.99. The molecule has 1 aromatic rings. The van der Waals surface area contributed by atoms with E-state index in [1.807, 2.05) is 18.3 Å². The number of nitrogens with one attached hydrogen (secondary N) is 1. The minimum Gasteiger partial charge on any atom is -0.465 e. The molecule has 94 valence electrons. The summed E-state index contributed by atoms with van der Waals surface area (Å²) in [5.74, 6) is 0.115. The van der Waals surface area contributed by atoms with Gasteiger partial charge in [0, 0.05) is 12.7 Å². The van der Waals surface area contributed by atoms with E-state index in [2.05, 4.69) is 17.2 Å². The van der Waals surface area contributed by atoms with Gasteiger partial charge in [0.2, 0.25) is 0 Å². The van der Waals surface area contributed by atoms with Crippen LogP contribution in [0.25, 0.3) is 0 Å². The largest absolute Gasteiger partial charge is 0.465 e. The van der Waals surface area contributed by atoms with E-state index < -0.39 is 0 Å². The Balaban J connectivity index is 2.37. The van der Waals surface area contributed by atoms with E-state index in [1.54, 1.807) is 6.92 Å². The number of hydrogen-bond acceptors (Lipinski definition) is 5. The van der Waals surface area contributed by atoms with Crippen LogP contribution in [0.3, 0.4) is 0 Å². The van der Waals surface area contributed by atoms with Crippen LogP contribution in [0.15, 0.2) is 23.4 Å². The molecule has 0 atom stereocenters. The molecule has 0 spiro atoms. The Hall–Kier alpha value is -1.07. The van der Waals surface area contributed by atoms with Crippen LogP contribution in [0.4, 0.5) is 0 Å². The zero-order valence-corrected chi connectivity index (χ0v) is 11.0. The Kier molecular flexibility index (Phi) is 6.65. The van der Waals surface area contributed by atoms with Gasteiger partial charge in [0.25, 0.3) is 0 Å². The molecule has 0 radical (unpaired) electrons. The molecule has 1 heterocycles. The molecule has 0 aromatic carbocycles. The standard InChI is InChI=1S/C12H18N2O2S/c1-3-13-7-10-5-6-11(14-8-10)17-9-12(15)16-4-2/h5-6,8,13H,3-4,7,9H2,1-2H3. The second-order valence-corrected chi connectivity index (χ2v) is 4.37. The van der Waals surface area contributed by atoms with E-state index in [-0.39, 0.29) is 5.97 Å². The van der Waals surface area contributed by atoms with E-state index in [1.165, 1.54) is 11.8 Å². The molecular weight excluding hydrogens is 236 g/mol. The van der Waals surface area contributed by atoms with Crippen LogP contribution in [-0.2, 0) is 16.1 Å². The second kappa shape index (κ2) is 8.08. The molecule has 0 saturated heterocycles. The summed E-state index contributed by atoms with van der Waals surface area (Å²) in [4.78, 5) is 15.4. The predicted molar refractivity (Wildman–Crippen MR) is 69.0 cm³/mol. The molecule has 0 bridgehead atoms. The monoisotopic (exact) mass is 254 g/mol. The molecule has 17 heavy (non-hydrogen) atoms. The zero-order valence-electron chi connectivity index (χ0n) is 10.2. The summed E-state index contributed by atoms with van der Waals surface area (Å²) in [7, 11) is 0. The summed E-state index contributed by atoms with van der Waals surface area (Å²) >= 11 is 1.39. The molecule has 0 fully saturated rings. The summed E-state index contributed by atoms with van der Waals surface area (Å²) in [5, 5.41) is 4.08. The number of hydrogen-bond donors (Lipinski definition) is 1. The van der Waals surface area contributed by atoms with Gasteiger partial charge in [-0.05, 0) is 25.1 Å². The lowest BCUT2D eigenvalue weighted by Gasteiger charge is -2.04. The third-order valence-corrected chi connectivity index (χ3v) is 2.94. The van der Waals surface area contributed by atoms with Crippen LogP contribution in [-0.4, -0.2) is 29.9 Å². The maximum atomic E-state index is 11.1. The summed E-state index contributed by atoms with van der Waals surface area (Å²) in [6, 6.07) is 3.94. The highest BCUT2D eigenvalue weighted by Gasteiger charge is 2.03. The number of ether oxygens (including phenoxy) is 1. The fraction of sp³-hybridized carbons (Fsp3) is 0.500. The second-order valence-electron chi connectivity index (χ2n) is 3.38. The molecule has 1 rings (SSSR count). The predicted octanol–water partition coefficient (Wildman–Crippen LogP) is 1.85. The van der Waals surface area contributed by atoms with Crippen molar-refractivity contribution in [3.05, 3.63) is 23.9 Å². The highest BCUT2D eigenvalue weighted by Crippen LogP contribution is 2.15. The number of pyridine rings is 1. The number of nitrogens with zero attached hydrogens (tertiary/aromatic N) is 1. The third kappa shape index (κ3) is 5.70. The molecule has 5 heteroatoms. The SMILES string of the molecule is CCNCc1ccc(SCC(=O)OCC)nc1. The lowest BCUT2D eigenvalue weighted by atomic mass is 10.3. The van der Waals surface area contributed by atoms with Crippen LogP contribution in [0, 0.1) is 0 Å². The number of thioether (sulfide) groups is 1. The first-order chi connectivity index (χ1) is 8.26. The van der Waals surface area contributed by atoms with Crippen molar-refractivity contribution in [3.63, 3.8) is 0 Å². The first-order valence-electron chi connectivity index (χ1n) is 5.70. The smallest absolute Gasteiger partial charge is 0.316 e. The fourth-order valence-corrected chi connectivity index (χ4v) is 1.85. The summed E-state index contributed by atoms with van der Waals surface area (Å²) in [5.41, 5.74) is 1.15. The van der Waals surface area contributed by atoms with Crippen LogP contribution in [0.2, 0.25) is 0 Å². The van der Waals surface area contributed by atoms with Gasteiger partial charge in [0.15, 0.2) is 0 Å². The molecule has 4 nitrogen and oxygen atoms in total. The van der Waals surface area contributed by atoms with Gasteiger partial charge in [-0.25, -0.2) is 4.98 Å². The van der Waals surface area contributed by atoms with Crippen molar-refractivity contribution in [2.75, 3.05) is 18.9 Å². The molecule has 0 amide bonds. The number of carbonyl (C=O) groups is 1. The Morgan fingerprint density at radius 3 is 2.88 bits per heavy atom. The molecule has 0 saturated carbocycles.